The summed E-state index contributed by atoms with van der Waals surface area (Å²) in [5.74, 6) is 0.849. The van der Waals surface area contributed by atoms with Gasteiger partial charge in [0.25, 0.3) is 10.0 Å². The molecule has 3 aromatic carbocycles. The molecular formula is C29H36N2O6S. The highest BCUT2D eigenvalue weighted by atomic mass is 32.2. The molecule has 8 nitrogen and oxygen atoms in total. The van der Waals surface area contributed by atoms with Crippen LogP contribution >= 0.6 is 0 Å². The summed E-state index contributed by atoms with van der Waals surface area (Å²) in [5, 5.41) is 3.03. The van der Waals surface area contributed by atoms with Crippen molar-refractivity contribution in [2.75, 3.05) is 31.7 Å². The lowest BCUT2D eigenvalue weighted by Crippen LogP contribution is -2.42. The number of hydrogen-bond donors (Lipinski definition) is 1. The Morgan fingerprint density at radius 3 is 2.18 bits per heavy atom. The first-order valence-corrected chi connectivity index (χ1v) is 13.9. The molecule has 0 aliphatic rings. The fourth-order valence-electron chi connectivity index (χ4n) is 4.28. The van der Waals surface area contributed by atoms with Crippen LogP contribution in [0.3, 0.4) is 0 Å². The van der Waals surface area contributed by atoms with E-state index in [1.54, 1.807) is 24.3 Å². The van der Waals surface area contributed by atoms with E-state index in [-0.39, 0.29) is 16.7 Å². The molecule has 1 atom stereocenters. The largest absolute Gasteiger partial charge is 0.494 e. The highest BCUT2D eigenvalue weighted by Gasteiger charge is 2.29. The number of amides is 1. The summed E-state index contributed by atoms with van der Waals surface area (Å²) in [6.45, 7) is 7.94. The number of rotatable bonds is 12. The van der Waals surface area contributed by atoms with Gasteiger partial charge in [-0.05, 0) is 74.7 Å². The third-order valence-corrected chi connectivity index (χ3v) is 7.98. The number of aryl methyl sites for hydroxylation is 2. The van der Waals surface area contributed by atoms with Crippen molar-refractivity contribution in [1.82, 2.24) is 5.32 Å². The number of methoxy groups -OCH3 is 2. The van der Waals surface area contributed by atoms with Gasteiger partial charge in [-0.15, -0.1) is 0 Å². The smallest absolute Gasteiger partial charge is 0.264 e. The second-order valence-electron chi connectivity index (χ2n) is 8.84. The Balaban J connectivity index is 1.98. The van der Waals surface area contributed by atoms with Gasteiger partial charge >= 0.3 is 0 Å². The van der Waals surface area contributed by atoms with E-state index in [9.17, 15) is 13.2 Å². The third kappa shape index (κ3) is 6.58. The van der Waals surface area contributed by atoms with Gasteiger partial charge in [0.05, 0.1) is 37.5 Å². The third-order valence-electron chi connectivity index (χ3n) is 6.21. The summed E-state index contributed by atoms with van der Waals surface area (Å²) >= 11 is 0. The number of anilines is 1. The molecular weight excluding hydrogens is 504 g/mol. The van der Waals surface area contributed by atoms with E-state index in [0.29, 0.717) is 30.2 Å². The fourth-order valence-corrected chi connectivity index (χ4v) is 5.72. The molecule has 0 aliphatic carbocycles. The molecule has 0 saturated carbocycles. The topological polar surface area (TPSA) is 94.2 Å². The van der Waals surface area contributed by atoms with Gasteiger partial charge in [-0.1, -0.05) is 30.7 Å². The molecule has 0 fully saturated rings. The van der Waals surface area contributed by atoms with E-state index in [2.05, 4.69) is 11.4 Å². The van der Waals surface area contributed by atoms with Crippen LogP contribution in [0.4, 0.5) is 5.69 Å². The zero-order valence-corrected chi connectivity index (χ0v) is 23.6. The van der Waals surface area contributed by atoms with Crippen molar-refractivity contribution >= 4 is 21.6 Å². The summed E-state index contributed by atoms with van der Waals surface area (Å²) in [6.07, 6.45) is 0.654. The molecule has 0 aliphatic heterocycles. The van der Waals surface area contributed by atoms with Gasteiger partial charge in [-0.25, -0.2) is 8.42 Å². The van der Waals surface area contributed by atoms with Crippen LogP contribution in [0.2, 0.25) is 0 Å². The summed E-state index contributed by atoms with van der Waals surface area (Å²) in [6, 6.07) is 16.8. The molecule has 1 N–H and O–H groups in total. The number of carbonyl (C=O) groups is 1. The molecule has 3 aromatic rings. The second-order valence-corrected chi connectivity index (χ2v) is 10.7. The Hall–Kier alpha value is -3.72. The van der Waals surface area contributed by atoms with E-state index in [1.165, 1.54) is 32.4 Å². The SMILES string of the molecule is CCOc1ccc(N(CC(=O)NC(CC)c2ccc(C)cc2C)S(=O)(=O)c2ccc(OC)c(OC)c2)cc1. The molecule has 0 heterocycles. The number of benzene rings is 3. The molecule has 1 amide bonds. The normalized spacial score (nSPS) is 11.9. The van der Waals surface area contributed by atoms with E-state index in [0.717, 1.165) is 21.0 Å². The maximum Gasteiger partial charge on any atom is 0.264 e. The molecule has 0 aromatic heterocycles. The first-order valence-electron chi connectivity index (χ1n) is 12.5. The molecule has 1 unspecified atom stereocenters. The molecule has 0 radical (unpaired) electrons. The van der Waals surface area contributed by atoms with Gasteiger partial charge in [0.15, 0.2) is 11.5 Å². The number of sulfonamides is 1. The number of nitrogens with one attached hydrogen (secondary N) is 1. The second kappa shape index (κ2) is 12.7. The van der Waals surface area contributed by atoms with Crippen LogP contribution in [0, 0.1) is 13.8 Å². The van der Waals surface area contributed by atoms with Crippen LogP contribution in [-0.2, 0) is 14.8 Å². The van der Waals surface area contributed by atoms with E-state index >= 15 is 0 Å². The number of hydrogen-bond acceptors (Lipinski definition) is 6. The first-order chi connectivity index (χ1) is 18.1. The highest BCUT2D eigenvalue weighted by molar-refractivity contribution is 7.92. The van der Waals surface area contributed by atoms with Gasteiger partial charge < -0.3 is 19.5 Å². The van der Waals surface area contributed by atoms with Gasteiger partial charge in [0.1, 0.15) is 12.3 Å². The highest BCUT2D eigenvalue weighted by Crippen LogP contribution is 2.33. The van der Waals surface area contributed by atoms with Crippen molar-refractivity contribution < 1.29 is 27.4 Å². The van der Waals surface area contributed by atoms with Gasteiger partial charge in [0, 0.05) is 6.07 Å². The summed E-state index contributed by atoms with van der Waals surface area (Å²) in [5.41, 5.74) is 3.54. The maximum absolute atomic E-state index is 13.9. The molecule has 204 valence electrons. The molecule has 0 saturated heterocycles. The minimum Gasteiger partial charge on any atom is -0.494 e. The average Bonchev–Trinajstić information content (AvgIpc) is 2.91. The van der Waals surface area contributed by atoms with Crippen LogP contribution < -0.4 is 23.8 Å². The van der Waals surface area contributed by atoms with Crippen LogP contribution in [-0.4, -0.2) is 41.7 Å². The average molecular weight is 541 g/mol. The van der Waals surface area contributed by atoms with Crippen LogP contribution in [0.15, 0.2) is 65.6 Å². The Morgan fingerprint density at radius 2 is 1.61 bits per heavy atom. The quantitative estimate of drug-likeness (QED) is 0.340. The number of nitrogens with zero attached hydrogens (tertiary/aromatic N) is 1. The summed E-state index contributed by atoms with van der Waals surface area (Å²) in [4.78, 5) is 13.3. The van der Waals surface area contributed by atoms with E-state index < -0.39 is 22.5 Å². The van der Waals surface area contributed by atoms with Crippen molar-refractivity contribution in [2.24, 2.45) is 0 Å². The fraction of sp³-hybridized carbons (Fsp3) is 0.345. The van der Waals surface area contributed by atoms with Gasteiger partial charge in [0.2, 0.25) is 5.91 Å². The first kappa shape index (κ1) is 28.8. The van der Waals surface area contributed by atoms with Crippen LogP contribution in [0.25, 0.3) is 0 Å². The van der Waals surface area contributed by atoms with Crippen molar-refractivity contribution in [2.45, 2.75) is 45.1 Å². The lowest BCUT2D eigenvalue weighted by Gasteiger charge is -2.26. The van der Waals surface area contributed by atoms with Gasteiger partial charge in [-0.3, -0.25) is 9.10 Å². The van der Waals surface area contributed by atoms with Gasteiger partial charge in [-0.2, -0.15) is 0 Å². The zero-order chi connectivity index (χ0) is 27.9. The van der Waals surface area contributed by atoms with E-state index in [1.807, 2.05) is 39.8 Å². The molecule has 9 heteroatoms. The van der Waals surface area contributed by atoms with Crippen molar-refractivity contribution in [1.29, 1.82) is 0 Å². The summed E-state index contributed by atoms with van der Waals surface area (Å²) in [7, 11) is -1.25. The molecule has 0 bridgehead atoms. The minimum absolute atomic E-state index is 0.0294. The van der Waals surface area contributed by atoms with E-state index in [4.69, 9.17) is 14.2 Å². The monoisotopic (exact) mass is 540 g/mol. The van der Waals surface area contributed by atoms with Crippen LogP contribution in [0.5, 0.6) is 17.2 Å². The lowest BCUT2D eigenvalue weighted by molar-refractivity contribution is -0.120. The lowest BCUT2D eigenvalue weighted by atomic mass is 9.97. The Labute approximate surface area is 225 Å². The number of ether oxygens (including phenoxy) is 3. The summed E-state index contributed by atoms with van der Waals surface area (Å²) < 4.78 is 44.9. The zero-order valence-electron chi connectivity index (χ0n) is 22.8. The molecule has 38 heavy (non-hydrogen) atoms. The minimum atomic E-state index is -4.16. The van der Waals surface area contributed by atoms with Crippen molar-refractivity contribution in [3.63, 3.8) is 0 Å². The van der Waals surface area contributed by atoms with Crippen LogP contribution in [0.1, 0.15) is 43.0 Å². The van der Waals surface area contributed by atoms with Crippen molar-refractivity contribution in [3.8, 4) is 17.2 Å². The maximum atomic E-state index is 13.9. The Kier molecular flexibility index (Phi) is 9.63. The number of carbonyl (C=O) groups excluding carboxylic acids is 1. The molecule has 0 spiro atoms. The predicted molar refractivity (Wildman–Crippen MR) is 149 cm³/mol. The molecule has 3 rings (SSSR count). The Morgan fingerprint density at radius 1 is 0.921 bits per heavy atom. The van der Waals surface area contributed by atoms with Crippen molar-refractivity contribution in [3.05, 3.63) is 77.4 Å². The Bertz CT molecular complexity index is 1360. The predicted octanol–water partition coefficient (Wildman–Crippen LogP) is 5.18. The standard InChI is InChI=1S/C29H36N2O6S/c1-7-26(25-15-9-20(3)17-21(25)4)30-29(32)19-31(22-10-12-23(13-11-22)37-8-2)38(33,34)24-14-16-27(35-5)28(18-24)36-6/h9-18,26H,7-8,19H2,1-6H3,(H,30,32).